The van der Waals surface area contributed by atoms with Crippen molar-refractivity contribution >= 4 is 41.0 Å². The molecule has 0 heterocycles. The zero-order valence-corrected chi connectivity index (χ0v) is 13.7. The normalized spacial score (nSPS) is 10.7. The first-order chi connectivity index (χ1) is 11.0. The van der Waals surface area contributed by atoms with Gasteiger partial charge in [-0.25, -0.2) is 0 Å². The van der Waals surface area contributed by atoms with Gasteiger partial charge in [-0.1, -0.05) is 34.4 Å². The van der Waals surface area contributed by atoms with Crippen molar-refractivity contribution in [2.75, 3.05) is 11.9 Å². The highest BCUT2D eigenvalue weighted by atomic mass is 35.5. The van der Waals surface area contributed by atoms with Crippen molar-refractivity contribution in [1.82, 2.24) is 0 Å². The van der Waals surface area contributed by atoms with Gasteiger partial charge >= 0.3 is 0 Å². The molecule has 0 atom stereocenters. The molecule has 0 aliphatic carbocycles. The number of rotatable bonds is 5. The molecule has 0 aliphatic heterocycles. The Morgan fingerprint density at radius 3 is 2.78 bits per heavy atom. The molecule has 5 nitrogen and oxygen atoms in total. The molecule has 7 heteroatoms. The highest BCUT2D eigenvalue weighted by Crippen LogP contribution is 2.22. The minimum absolute atomic E-state index is 0.209. The first kappa shape index (κ1) is 17.1. The fraction of sp³-hybridized carbons (Fsp3) is 0.125. The summed E-state index contributed by atoms with van der Waals surface area (Å²) in [4.78, 5) is 11.9. The van der Waals surface area contributed by atoms with E-state index in [1.807, 2.05) is 13.0 Å². The van der Waals surface area contributed by atoms with Crippen molar-refractivity contribution in [3.05, 3.63) is 57.6 Å². The molecule has 0 bridgehead atoms. The zero-order valence-electron chi connectivity index (χ0n) is 12.2. The molecule has 0 saturated carbocycles. The van der Waals surface area contributed by atoms with Crippen LogP contribution in [0, 0.1) is 6.92 Å². The number of aryl methyl sites for hydroxylation is 1. The molecule has 2 N–H and O–H groups in total. The van der Waals surface area contributed by atoms with E-state index in [4.69, 9.17) is 33.1 Å². The predicted molar refractivity (Wildman–Crippen MR) is 91.1 cm³/mol. The molecule has 2 aromatic carbocycles. The highest BCUT2D eigenvalue weighted by molar-refractivity contribution is 6.31. The Hall–Kier alpha value is -2.24. The third-order valence-corrected chi connectivity index (χ3v) is 3.63. The van der Waals surface area contributed by atoms with Crippen LogP contribution in [0.5, 0.6) is 5.75 Å². The zero-order chi connectivity index (χ0) is 16.8. The maximum absolute atomic E-state index is 11.9. The number of halogens is 2. The van der Waals surface area contributed by atoms with E-state index in [-0.39, 0.29) is 12.5 Å². The molecule has 2 aromatic rings. The molecule has 0 radical (unpaired) electrons. The van der Waals surface area contributed by atoms with Crippen LogP contribution in [0.3, 0.4) is 0 Å². The average Bonchev–Trinajstić information content (AvgIpc) is 2.50. The molecule has 0 saturated heterocycles. The van der Waals surface area contributed by atoms with Gasteiger partial charge in [0.15, 0.2) is 6.61 Å². The van der Waals surface area contributed by atoms with Gasteiger partial charge < -0.3 is 15.3 Å². The number of hydrogen-bond donors (Lipinski definition) is 2. The predicted octanol–water partition coefficient (Wildman–Crippen LogP) is 4.13. The maximum atomic E-state index is 11.9. The lowest BCUT2D eigenvalue weighted by Gasteiger charge is -2.10. The van der Waals surface area contributed by atoms with Crippen LogP contribution in [0.15, 0.2) is 41.6 Å². The van der Waals surface area contributed by atoms with Gasteiger partial charge in [-0.15, -0.1) is 0 Å². The first-order valence-corrected chi connectivity index (χ1v) is 7.41. The monoisotopic (exact) mass is 352 g/mol. The van der Waals surface area contributed by atoms with Crippen molar-refractivity contribution in [2.45, 2.75) is 6.92 Å². The topological polar surface area (TPSA) is 70.9 Å². The van der Waals surface area contributed by atoms with Gasteiger partial charge in [-0.2, -0.15) is 0 Å². The smallest absolute Gasteiger partial charge is 0.262 e. The molecule has 0 aliphatic rings. The number of hydrogen-bond acceptors (Lipinski definition) is 4. The van der Waals surface area contributed by atoms with Crippen molar-refractivity contribution < 1.29 is 14.7 Å². The van der Waals surface area contributed by atoms with E-state index in [9.17, 15) is 4.79 Å². The second kappa shape index (κ2) is 7.85. The summed E-state index contributed by atoms with van der Waals surface area (Å²) >= 11 is 11.9. The van der Waals surface area contributed by atoms with E-state index >= 15 is 0 Å². The Morgan fingerprint density at radius 1 is 1.30 bits per heavy atom. The van der Waals surface area contributed by atoms with E-state index in [1.165, 1.54) is 6.21 Å². The number of carbonyl (C=O) groups is 1. The van der Waals surface area contributed by atoms with Gasteiger partial charge in [-0.3, -0.25) is 4.79 Å². The van der Waals surface area contributed by atoms with Crippen LogP contribution < -0.4 is 10.1 Å². The minimum atomic E-state index is -0.341. The Labute approximate surface area is 143 Å². The summed E-state index contributed by atoms with van der Waals surface area (Å²) in [7, 11) is 0. The highest BCUT2D eigenvalue weighted by Gasteiger charge is 2.08. The number of benzene rings is 2. The molecule has 2 rings (SSSR count). The van der Waals surface area contributed by atoms with Crippen LogP contribution in [0.4, 0.5) is 5.69 Å². The average molecular weight is 353 g/mol. The van der Waals surface area contributed by atoms with E-state index in [0.717, 1.165) is 5.56 Å². The van der Waals surface area contributed by atoms with Crippen LogP contribution in [0.2, 0.25) is 10.0 Å². The lowest BCUT2D eigenvalue weighted by molar-refractivity contribution is -0.118. The Kier molecular flexibility index (Phi) is 5.84. The SMILES string of the molecule is Cc1ccc(NC(=O)COc2ccc(Cl)cc2/C=N/O)cc1Cl. The van der Waals surface area contributed by atoms with Gasteiger partial charge in [0.1, 0.15) is 5.75 Å². The van der Waals surface area contributed by atoms with E-state index in [0.29, 0.717) is 27.0 Å². The Bertz CT molecular complexity index is 748. The summed E-state index contributed by atoms with van der Waals surface area (Å²) in [6.45, 7) is 1.67. The molecule has 120 valence electrons. The van der Waals surface area contributed by atoms with Crippen molar-refractivity contribution in [3.8, 4) is 5.75 Å². The summed E-state index contributed by atoms with van der Waals surface area (Å²) in [5.41, 5.74) is 1.98. The molecule has 0 aromatic heterocycles. The van der Waals surface area contributed by atoms with Crippen molar-refractivity contribution in [3.63, 3.8) is 0 Å². The molecule has 0 spiro atoms. The fourth-order valence-corrected chi connectivity index (χ4v) is 2.19. The number of nitrogens with zero attached hydrogens (tertiary/aromatic N) is 1. The number of carbonyl (C=O) groups excluding carboxylic acids is 1. The lowest BCUT2D eigenvalue weighted by atomic mass is 10.2. The minimum Gasteiger partial charge on any atom is -0.483 e. The summed E-state index contributed by atoms with van der Waals surface area (Å²) in [6.07, 6.45) is 1.18. The van der Waals surface area contributed by atoms with Gasteiger partial charge in [0.2, 0.25) is 0 Å². The molecule has 23 heavy (non-hydrogen) atoms. The third-order valence-electron chi connectivity index (χ3n) is 2.98. The summed E-state index contributed by atoms with van der Waals surface area (Å²) in [5, 5.41) is 15.3. The second-order valence-electron chi connectivity index (χ2n) is 4.73. The lowest BCUT2D eigenvalue weighted by Crippen LogP contribution is -2.20. The van der Waals surface area contributed by atoms with Crippen molar-refractivity contribution in [1.29, 1.82) is 0 Å². The Morgan fingerprint density at radius 2 is 2.09 bits per heavy atom. The van der Waals surface area contributed by atoms with Gasteiger partial charge in [0, 0.05) is 21.3 Å². The molecule has 0 fully saturated rings. The van der Waals surface area contributed by atoms with E-state index in [2.05, 4.69) is 10.5 Å². The van der Waals surface area contributed by atoms with Crippen LogP contribution in [-0.4, -0.2) is 23.9 Å². The maximum Gasteiger partial charge on any atom is 0.262 e. The molecular formula is C16H14Cl2N2O3. The number of oxime groups is 1. The molecule has 1 amide bonds. The molecular weight excluding hydrogens is 339 g/mol. The summed E-state index contributed by atoms with van der Waals surface area (Å²) in [5.74, 6) is 0.0380. The number of ether oxygens (including phenoxy) is 1. The number of amides is 1. The standard InChI is InChI=1S/C16H14Cl2N2O3/c1-10-2-4-13(7-14(10)18)20-16(21)9-23-15-5-3-12(17)6-11(15)8-19-22/h2-8,22H,9H2,1H3,(H,20,21)/b19-8+. The van der Waals surface area contributed by atoms with Crippen LogP contribution in [0.1, 0.15) is 11.1 Å². The molecule has 0 unspecified atom stereocenters. The second-order valence-corrected chi connectivity index (χ2v) is 5.57. The number of anilines is 1. The number of nitrogens with one attached hydrogen (secondary N) is 1. The largest absolute Gasteiger partial charge is 0.483 e. The van der Waals surface area contributed by atoms with Gasteiger partial charge in [-0.05, 0) is 42.8 Å². The van der Waals surface area contributed by atoms with Gasteiger partial charge in [0.25, 0.3) is 5.91 Å². The summed E-state index contributed by atoms with van der Waals surface area (Å²) in [6, 6.07) is 10.0. The van der Waals surface area contributed by atoms with Crippen LogP contribution in [0.25, 0.3) is 0 Å². The van der Waals surface area contributed by atoms with Crippen LogP contribution >= 0.6 is 23.2 Å². The van der Waals surface area contributed by atoms with E-state index in [1.54, 1.807) is 30.3 Å². The fourth-order valence-electron chi connectivity index (χ4n) is 1.82. The first-order valence-electron chi connectivity index (χ1n) is 6.65. The summed E-state index contributed by atoms with van der Waals surface area (Å²) < 4.78 is 5.43. The quantitative estimate of drug-likeness (QED) is 0.482. The Balaban J connectivity index is 2.00. The van der Waals surface area contributed by atoms with Crippen molar-refractivity contribution in [2.24, 2.45) is 5.16 Å². The van der Waals surface area contributed by atoms with Gasteiger partial charge in [0.05, 0.1) is 6.21 Å². The van der Waals surface area contributed by atoms with E-state index < -0.39 is 0 Å². The third kappa shape index (κ3) is 4.87. The van der Waals surface area contributed by atoms with Crippen LogP contribution in [-0.2, 0) is 4.79 Å².